The van der Waals surface area contributed by atoms with E-state index in [1.54, 1.807) is 12.4 Å². The first kappa shape index (κ1) is 53.8. The number of benzene rings is 10. The van der Waals surface area contributed by atoms with Gasteiger partial charge in [0, 0.05) is 83.7 Å². The van der Waals surface area contributed by atoms with E-state index < -0.39 is 14.3 Å². The molecule has 408 valence electrons. The maximum Gasteiger partial charge on any atom is 0.172 e. The largest absolute Gasteiger partial charge is 0.310 e. The zero-order valence-corrected chi connectivity index (χ0v) is 49.2. The van der Waals surface area contributed by atoms with Gasteiger partial charge >= 0.3 is 0 Å². The second kappa shape index (κ2) is 22.0. The topological polar surface area (TPSA) is 66.4 Å². The lowest BCUT2D eigenvalue weighted by Crippen LogP contribution is -2.30. The van der Waals surface area contributed by atoms with E-state index in [0.29, 0.717) is 0 Å². The van der Waals surface area contributed by atoms with Crippen LogP contribution in [0.15, 0.2) is 304 Å². The highest BCUT2D eigenvalue weighted by Crippen LogP contribution is 2.54. The van der Waals surface area contributed by atoms with Crippen molar-refractivity contribution in [3.63, 3.8) is 0 Å². The Balaban J connectivity index is 0.000000157. The Kier molecular flexibility index (Phi) is 14.1. The molecule has 0 spiro atoms. The summed E-state index contributed by atoms with van der Waals surface area (Å²) in [6, 6.07) is 96.8. The maximum absolute atomic E-state index is 15.0. The van der Waals surface area contributed by atoms with Crippen LogP contribution in [0.1, 0.15) is 49.9 Å². The van der Waals surface area contributed by atoms with Crippen molar-refractivity contribution in [3.05, 3.63) is 326 Å². The van der Waals surface area contributed by atoms with Crippen LogP contribution in [0, 0.1) is 0 Å². The zero-order valence-electron chi connectivity index (χ0n) is 47.4. The number of anilines is 6. The second-order valence-electron chi connectivity index (χ2n) is 22.5. The van der Waals surface area contributed by atoms with Gasteiger partial charge < -0.3 is 18.9 Å². The zero-order chi connectivity index (χ0) is 57.5. The fraction of sp³-hybridized carbons (Fsp3) is 0.0789. The third kappa shape index (κ3) is 9.42. The highest BCUT2D eigenvalue weighted by Gasteiger charge is 2.39. The van der Waals surface area contributed by atoms with Crippen molar-refractivity contribution in [2.45, 2.75) is 38.5 Å². The molecule has 8 heteroatoms. The molecule has 0 N–H and O–H groups in total. The van der Waals surface area contributed by atoms with Gasteiger partial charge in [-0.1, -0.05) is 246 Å². The van der Waals surface area contributed by atoms with Gasteiger partial charge in [0.1, 0.15) is 0 Å². The van der Waals surface area contributed by atoms with Crippen molar-refractivity contribution in [1.29, 1.82) is 0 Å². The van der Waals surface area contributed by atoms with Gasteiger partial charge in [-0.15, -0.1) is 0 Å². The molecule has 0 aliphatic carbocycles. The first-order valence-electron chi connectivity index (χ1n) is 28.5. The highest BCUT2D eigenvalue weighted by atomic mass is 31.2. The molecule has 0 saturated carbocycles. The quantitative estimate of drug-likeness (QED) is 0.127. The molecule has 4 heterocycles. The van der Waals surface area contributed by atoms with Gasteiger partial charge in [0.15, 0.2) is 14.3 Å². The van der Waals surface area contributed by atoms with Gasteiger partial charge in [-0.3, -0.25) is 9.97 Å². The molecular weight excluding hydrogens is 1060 g/mol. The molecular formula is C76H62N4O2P2. The third-order valence-corrected chi connectivity index (χ3v) is 22.9. The van der Waals surface area contributed by atoms with Crippen molar-refractivity contribution in [2.24, 2.45) is 0 Å². The van der Waals surface area contributed by atoms with Crippen molar-refractivity contribution in [1.82, 2.24) is 9.97 Å². The molecule has 14 rings (SSSR count). The Bertz CT molecular complexity index is 4000. The van der Waals surface area contributed by atoms with E-state index in [9.17, 15) is 0 Å². The van der Waals surface area contributed by atoms with Crippen LogP contribution in [0.25, 0.3) is 22.4 Å². The normalized spacial score (nSPS) is 13.7. The van der Waals surface area contributed by atoms with Gasteiger partial charge in [-0.05, 0) is 94.5 Å². The fourth-order valence-electron chi connectivity index (χ4n) is 12.5. The SMILES string of the molecule is CC1(C)c2ccccc2N(c2cccc(-c3cc(P(=O)(c4ccccc4)c4ccccc4)ccn3)c2)c2ccccc21.CC1(C)c2ccccc2N(c2cccc(-c3cncc(P(=O)(c4ccccc4)c4ccccc4)c3)c2)c2ccccc21. The first-order valence-corrected chi connectivity index (χ1v) is 31.9. The molecule has 0 radical (unpaired) electrons. The molecule has 0 atom stereocenters. The monoisotopic (exact) mass is 1120 g/mol. The Morgan fingerprint density at radius 3 is 1.08 bits per heavy atom. The van der Waals surface area contributed by atoms with Crippen LogP contribution in [0.4, 0.5) is 34.1 Å². The molecule has 2 aromatic heterocycles. The minimum absolute atomic E-state index is 0.115. The number of fused-ring (bicyclic) bond motifs is 4. The van der Waals surface area contributed by atoms with Gasteiger partial charge in [-0.25, -0.2) is 0 Å². The molecule has 2 aliphatic heterocycles. The predicted molar refractivity (Wildman–Crippen MR) is 352 cm³/mol. The van der Waals surface area contributed by atoms with Crippen LogP contribution < -0.4 is 41.6 Å². The Morgan fingerprint density at radius 1 is 0.310 bits per heavy atom. The van der Waals surface area contributed by atoms with Crippen LogP contribution in [-0.2, 0) is 20.0 Å². The number of pyridine rings is 2. The van der Waals surface area contributed by atoms with E-state index in [2.05, 4.69) is 188 Å². The van der Waals surface area contributed by atoms with E-state index in [4.69, 9.17) is 4.98 Å². The van der Waals surface area contributed by atoms with E-state index in [1.165, 1.54) is 45.0 Å². The average Bonchev–Trinajstić information content (AvgIpc) is 2.22. The van der Waals surface area contributed by atoms with Crippen molar-refractivity contribution < 1.29 is 9.13 Å². The van der Waals surface area contributed by atoms with Crippen LogP contribution >= 0.6 is 14.3 Å². The Labute approximate surface area is 493 Å². The predicted octanol–water partition coefficient (Wildman–Crippen LogP) is 17.0. The van der Waals surface area contributed by atoms with Gasteiger partial charge in [-0.2, -0.15) is 0 Å². The van der Waals surface area contributed by atoms with Gasteiger partial charge in [0.25, 0.3) is 0 Å². The molecule has 10 aromatic carbocycles. The fourth-order valence-corrected chi connectivity index (χ4v) is 17.8. The van der Waals surface area contributed by atoms with E-state index in [-0.39, 0.29) is 10.8 Å². The molecule has 12 aromatic rings. The van der Waals surface area contributed by atoms with E-state index in [1.807, 2.05) is 146 Å². The number of hydrogen-bond acceptors (Lipinski definition) is 6. The first-order chi connectivity index (χ1) is 41.0. The summed E-state index contributed by atoms with van der Waals surface area (Å²) in [5.74, 6) is 0. The molecule has 0 amide bonds. The van der Waals surface area contributed by atoms with Gasteiger partial charge in [0.05, 0.1) is 28.4 Å². The van der Waals surface area contributed by atoms with Crippen LogP contribution in [0.5, 0.6) is 0 Å². The van der Waals surface area contributed by atoms with Gasteiger partial charge in [0.2, 0.25) is 0 Å². The molecule has 0 fully saturated rings. The lowest BCUT2D eigenvalue weighted by Gasteiger charge is -2.42. The van der Waals surface area contributed by atoms with Crippen molar-refractivity contribution >= 4 is 80.2 Å². The minimum Gasteiger partial charge on any atom is -0.310 e. The smallest absolute Gasteiger partial charge is 0.172 e. The van der Waals surface area contributed by atoms with Crippen LogP contribution in [-0.4, -0.2) is 9.97 Å². The summed E-state index contributed by atoms with van der Waals surface area (Å²) in [6.07, 6.45) is 5.40. The third-order valence-electron chi connectivity index (χ3n) is 16.8. The van der Waals surface area contributed by atoms with Crippen LogP contribution in [0.3, 0.4) is 0 Å². The summed E-state index contributed by atoms with van der Waals surface area (Å²) in [7, 11) is -6.25. The van der Waals surface area contributed by atoms with Crippen molar-refractivity contribution in [3.8, 4) is 22.4 Å². The summed E-state index contributed by atoms with van der Waals surface area (Å²) in [4.78, 5) is 14.1. The number of rotatable bonds is 10. The summed E-state index contributed by atoms with van der Waals surface area (Å²) in [5, 5.41) is 4.71. The lowest BCUT2D eigenvalue weighted by atomic mass is 9.73. The second-order valence-corrected chi connectivity index (χ2v) is 28.0. The Morgan fingerprint density at radius 2 is 0.667 bits per heavy atom. The lowest BCUT2D eigenvalue weighted by molar-refractivity contribution is 0.591. The summed E-state index contributed by atoms with van der Waals surface area (Å²) in [6.45, 7) is 9.19. The van der Waals surface area contributed by atoms with E-state index >= 15 is 9.13 Å². The highest BCUT2D eigenvalue weighted by molar-refractivity contribution is 7.85. The summed E-state index contributed by atoms with van der Waals surface area (Å²) in [5.41, 5.74) is 15.5. The van der Waals surface area contributed by atoms with Crippen molar-refractivity contribution in [2.75, 3.05) is 9.80 Å². The van der Waals surface area contributed by atoms with E-state index in [0.717, 1.165) is 65.6 Å². The minimum atomic E-state index is -3.14. The number of para-hydroxylation sites is 4. The average molecular weight is 1130 g/mol. The standard InChI is InChI=1S/2C38H31N2OP/c1-38(2)34-20-9-11-22-36(34)40(37-23-12-10-21-35(37)38)30-15-13-14-28(24-30)29-25-33(27-39-26-29)42(41,31-16-5-3-6-17-31)32-18-7-4-8-19-32;1-38(2)33-20-9-11-22-36(33)40(37-23-12-10-21-34(37)38)29-15-13-14-28(26-29)35-27-32(24-25-39-35)42(41,30-16-5-3-6-17-30)31-18-7-4-8-19-31/h2*3-27H,1-2H3. The summed E-state index contributed by atoms with van der Waals surface area (Å²) >= 11 is 0. The molecule has 6 nitrogen and oxygen atoms in total. The summed E-state index contributed by atoms with van der Waals surface area (Å²) < 4.78 is 30.0. The van der Waals surface area contributed by atoms with Crippen LogP contribution in [0.2, 0.25) is 0 Å². The molecule has 0 bridgehead atoms. The molecule has 0 saturated heterocycles. The Hall–Kier alpha value is -9.44. The molecule has 84 heavy (non-hydrogen) atoms. The number of aromatic nitrogens is 2. The maximum atomic E-state index is 15.0. The molecule has 2 aliphatic rings. The number of hydrogen-bond donors (Lipinski definition) is 0. The number of nitrogens with zero attached hydrogens (tertiary/aromatic N) is 4. The molecule has 0 unspecified atom stereocenters.